The highest BCUT2D eigenvalue weighted by Gasteiger charge is 2.33. The molecule has 1 fully saturated rings. The maximum atomic E-state index is 14.1. The Labute approximate surface area is 268 Å². The van der Waals surface area contributed by atoms with Gasteiger partial charge in [-0.25, -0.2) is 9.59 Å². The Bertz CT molecular complexity index is 1520. The van der Waals surface area contributed by atoms with Crippen molar-refractivity contribution in [1.82, 2.24) is 4.90 Å². The van der Waals surface area contributed by atoms with Crippen molar-refractivity contribution in [3.63, 3.8) is 0 Å². The van der Waals surface area contributed by atoms with Gasteiger partial charge in [0, 0.05) is 42.3 Å². The summed E-state index contributed by atoms with van der Waals surface area (Å²) in [7, 11) is 1.58. The summed E-state index contributed by atoms with van der Waals surface area (Å²) in [6.07, 6.45) is 3.17. The third kappa shape index (κ3) is 7.69. The van der Waals surface area contributed by atoms with Crippen LogP contribution in [0.1, 0.15) is 46.8 Å². The molecule has 2 aliphatic rings. The van der Waals surface area contributed by atoms with E-state index in [9.17, 15) is 14.4 Å². The third-order valence-electron chi connectivity index (χ3n) is 8.01. The van der Waals surface area contributed by atoms with Gasteiger partial charge in [-0.05, 0) is 56.5 Å². The number of benzene rings is 3. The number of methoxy groups -OCH3 is 1. The number of hydrogen-bond acceptors (Lipinski definition) is 8. The predicted molar refractivity (Wildman–Crippen MR) is 177 cm³/mol. The molecular weight excluding hydrogens is 590 g/mol. The Kier molecular flexibility index (Phi) is 10.8. The molecule has 0 atom stereocenters. The van der Waals surface area contributed by atoms with Gasteiger partial charge in [-0.1, -0.05) is 48.0 Å². The quantitative estimate of drug-likeness (QED) is 0.171. The lowest BCUT2D eigenvalue weighted by Gasteiger charge is -2.26. The first-order chi connectivity index (χ1) is 21.9. The van der Waals surface area contributed by atoms with Crippen LogP contribution in [0.3, 0.4) is 0 Å². The molecule has 2 aliphatic heterocycles. The van der Waals surface area contributed by atoms with Gasteiger partial charge in [0.1, 0.15) is 19.0 Å². The van der Waals surface area contributed by atoms with Crippen molar-refractivity contribution in [1.29, 1.82) is 0 Å². The van der Waals surface area contributed by atoms with Gasteiger partial charge in [0.2, 0.25) is 0 Å². The van der Waals surface area contributed by atoms with E-state index in [1.54, 1.807) is 12.0 Å². The zero-order valence-corrected chi connectivity index (χ0v) is 26.8. The number of esters is 2. The molecule has 45 heavy (non-hydrogen) atoms. The van der Waals surface area contributed by atoms with Crippen LogP contribution in [0.25, 0.3) is 0 Å². The van der Waals surface area contributed by atoms with E-state index in [1.165, 1.54) is 0 Å². The number of hydrogen-bond donors (Lipinski definition) is 1. The van der Waals surface area contributed by atoms with Crippen LogP contribution in [0.5, 0.6) is 5.75 Å². The predicted octanol–water partition coefficient (Wildman–Crippen LogP) is 6.86. The fourth-order valence-electron chi connectivity index (χ4n) is 5.56. The Hall–Kier alpha value is -4.28. The molecule has 3 aromatic carbocycles. The van der Waals surface area contributed by atoms with Crippen LogP contribution in [-0.2, 0) is 27.3 Å². The van der Waals surface area contributed by atoms with Crippen molar-refractivity contribution in [3.05, 3.63) is 94.6 Å². The Morgan fingerprint density at radius 2 is 1.76 bits per heavy atom. The van der Waals surface area contributed by atoms with Crippen molar-refractivity contribution in [2.75, 3.05) is 48.7 Å². The fourth-order valence-corrected chi connectivity index (χ4v) is 6.59. The smallest absolute Gasteiger partial charge is 0.341 e. The SMILES string of the molecule is COc1c(C)c2c(c(NC(=O)N(c3ccccc3)c3ccccc3)c1C/C=C(\C)CCC(=O)OCCN1CCSC1)C(=O)OC2. The summed E-state index contributed by atoms with van der Waals surface area (Å²) >= 11 is 1.89. The molecule has 2 amide bonds. The standard InChI is InChI=1S/C35H39N3O6S/c1-24(15-17-30(39)43-20-18-37-19-21-45-23-37)14-16-28-32(31-29(22-44-34(31)40)25(2)33(28)42-3)36-35(41)38(26-10-6-4-7-11-26)27-12-8-5-9-13-27/h4-14H,15-23H2,1-3H3,(H,36,41)/b24-14+. The number of amides is 2. The zero-order chi connectivity index (χ0) is 31.8. The lowest BCUT2D eigenvalue weighted by Crippen LogP contribution is -2.32. The fraction of sp³-hybridized carbons (Fsp3) is 0.343. The number of rotatable bonds is 12. The first-order valence-corrected chi connectivity index (χ1v) is 16.2. The summed E-state index contributed by atoms with van der Waals surface area (Å²) in [5.74, 6) is 1.98. The first-order valence-electron chi connectivity index (χ1n) is 15.1. The molecule has 0 radical (unpaired) electrons. The largest absolute Gasteiger partial charge is 0.496 e. The van der Waals surface area contributed by atoms with Crippen LogP contribution in [-0.4, -0.2) is 61.3 Å². The lowest BCUT2D eigenvalue weighted by molar-refractivity contribution is -0.143. The van der Waals surface area contributed by atoms with Gasteiger partial charge in [0.05, 0.1) is 29.7 Å². The molecule has 0 aliphatic carbocycles. The molecule has 0 unspecified atom stereocenters. The van der Waals surface area contributed by atoms with E-state index in [2.05, 4.69) is 10.2 Å². The summed E-state index contributed by atoms with van der Waals surface area (Å²) < 4.78 is 16.7. The highest BCUT2D eigenvalue weighted by molar-refractivity contribution is 7.99. The van der Waals surface area contributed by atoms with Crippen molar-refractivity contribution in [2.45, 2.75) is 39.7 Å². The molecule has 236 valence electrons. The van der Waals surface area contributed by atoms with Crippen molar-refractivity contribution in [2.24, 2.45) is 0 Å². The minimum Gasteiger partial charge on any atom is -0.496 e. The lowest BCUT2D eigenvalue weighted by atomic mass is 9.93. The van der Waals surface area contributed by atoms with Gasteiger partial charge in [0.15, 0.2) is 0 Å². The number of allylic oxidation sites excluding steroid dienone is 2. The monoisotopic (exact) mass is 629 g/mol. The van der Waals surface area contributed by atoms with Crippen LogP contribution in [0.2, 0.25) is 0 Å². The van der Waals surface area contributed by atoms with Crippen LogP contribution in [0.4, 0.5) is 21.9 Å². The second kappa shape index (κ2) is 15.1. The number of urea groups is 1. The molecule has 3 aromatic rings. The molecule has 2 heterocycles. The van der Waals surface area contributed by atoms with Crippen LogP contribution >= 0.6 is 11.8 Å². The summed E-state index contributed by atoms with van der Waals surface area (Å²) in [5.41, 5.74) is 5.17. The van der Waals surface area contributed by atoms with Crippen LogP contribution < -0.4 is 15.0 Å². The molecule has 1 saturated heterocycles. The molecule has 0 bridgehead atoms. The summed E-state index contributed by atoms with van der Waals surface area (Å²) in [6.45, 7) is 6.15. The number of carbonyl (C=O) groups excluding carboxylic acids is 3. The van der Waals surface area contributed by atoms with Crippen LogP contribution in [0.15, 0.2) is 72.3 Å². The Morgan fingerprint density at radius 1 is 1.07 bits per heavy atom. The van der Waals surface area contributed by atoms with Gasteiger partial charge < -0.3 is 19.5 Å². The number of fused-ring (bicyclic) bond motifs is 1. The molecule has 10 heteroatoms. The van der Waals surface area contributed by atoms with E-state index in [4.69, 9.17) is 14.2 Å². The maximum Gasteiger partial charge on any atom is 0.341 e. The summed E-state index contributed by atoms with van der Waals surface area (Å²) in [6, 6.07) is 18.2. The number of ether oxygens (including phenoxy) is 3. The van der Waals surface area contributed by atoms with Crippen molar-refractivity contribution in [3.8, 4) is 5.75 Å². The Balaban J connectivity index is 1.39. The van der Waals surface area contributed by atoms with E-state index in [1.807, 2.05) is 92.3 Å². The van der Waals surface area contributed by atoms with E-state index in [0.717, 1.165) is 35.9 Å². The topological polar surface area (TPSA) is 97.4 Å². The number of thioether (sulfide) groups is 1. The van der Waals surface area contributed by atoms with Crippen LogP contribution in [0, 0.1) is 6.92 Å². The van der Waals surface area contributed by atoms with Crippen molar-refractivity contribution < 1.29 is 28.6 Å². The van der Waals surface area contributed by atoms with Gasteiger partial charge in [-0.3, -0.25) is 14.6 Å². The molecule has 0 saturated carbocycles. The average molecular weight is 630 g/mol. The number of nitrogens with zero attached hydrogens (tertiary/aromatic N) is 2. The maximum absolute atomic E-state index is 14.1. The molecule has 0 spiro atoms. The first kappa shape index (κ1) is 32.1. The second-order valence-corrected chi connectivity index (χ2v) is 12.1. The average Bonchev–Trinajstić information content (AvgIpc) is 3.72. The summed E-state index contributed by atoms with van der Waals surface area (Å²) in [4.78, 5) is 43.4. The van der Waals surface area contributed by atoms with Crippen molar-refractivity contribution >= 4 is 46.8 Å². The molecule has 1 N–H and O–H groups in total. The number of carbonyl (C=O) groups is 3. The van der Waals surface area contributed by atoms with Gasteiger partial charge in [-0.2, -0.15) is 0 Å². The number of anilines is 3. The van der Waals surface area contributed by atoms with E-state index >= 15 is 0 Å². The number of para-hydroxylation sites is 2. The highest BCUT2D eigenvalue weighted by atomic mass is 32.2. The van der Waals surface area contributed by atoms with Gasteiger partial charge in [-0.15, -0.1) is 11.8 Å². The minimum atomic E-state index is -0.491. The van der Waals surface area contributed by atoms with Gasteiger partial charge >= 0.3 is 18.0 Å². The zero-order valence-electron chi connectivity index (χ0n) is 26.0. The number of nitrogens with one attached hydrogen (secondary N) is 1. The summed E-state index contributed by atoms with van der Waals surface area (Å²) in [5, 5.41) is 3.06. The molecule has 9 nitrogen and oxygen atoms in total. The van der Waals surface area contributed by atoms with Gasteiger partial charge in [0.25, 0.3) is 0 Å². The Morgan fingerprint density at radius 3 is 2.38 bits per heavy atom. The minimum absolute atomic E-state index is 0.105. The van der Waals surface area contributed by atoms with E-state index in [0.29, 0.717) is 59.0 Å². The molecule has 5 rings (SSSR count). The highest BCUT2D eigenvalue weighted by Crippen LogP contribution is 2.42. The number of cyclic esters (lactones) is 1. The normalized spacial score (nSPS) is 14.6. The van der Waals surface area contributed by atoms with E-state index in [-0.39, 0.29) is 19.0 Å². The second-order valence-electron chi connectivity index (χ2n) is 11.0. The molecule has 0 aromatic heterocycles. The molecular formula is C35H39N3O6S. The third-order valence-corrected chi connectivity index (χ3v) is 9.03. The van der Waals surface area contributed by atoms with E-state index < -0.39 is 12.0 Å².